The van der Waals surface area contributed by atoms with E-state index in [4.69, 9.17) is 5.41 Å². The van der Waals surface area contributed by atoms with Gasteiger partial charge in [0.25, 0.3) is 0 Å². The summed E-state index contributed by atoms with van der Waals surface area (Å²) in [5, 5.41) is 32.3. The summed E-state index contributed by atoms with van der Waals surface area (Å²) in [6.07, 6.45) is 0.891. The van der Waals surface area contributed by atoms with E-state index in [1.807, 2.05) is 0 Å². The average molecular weight is 155 g/mol. The second-order valence-electron chi connectivity index (χ2n) is 1.72. The number of nitrogens with one attached hydrogen (secondary N) is 2. The van der Waals surface area contributed by atoms with Crippen molar-refractivity contribution in [1.82, 2.24) is 10.2 Å². The van der Waals surface area contributed by atoms with Crippen LogP contribution in [0.15, 0.2) is 6.20 Å². The van der Waals surface area contributed by atoms with Gasteiger partial charge < -0.3 is 10.5 Å². The fourth-order valence-corrected chi connectivity index (χ4v) is 0.585. The molecule has 0 atom stereocenters. The molecule has 0 aliphatic heterocycles. The van der Waals surface area contributed by atoms with Crippen molar-refractivity contribution in [3.8, 4) is 0 Å². The number of hydrogen-bond acceptors (Lipinski definition) is 5. The Bertz CT molecular complexity index is 276. The SMILES string of the molecule is N=C([O-])c1[nH]ncc1[N+](=O)[O-]. The smallest absolute Gasteiger partial charge is 0.314 e. The first-order valence-electron chi connectivity index (χ1n) is 2.56. The van der Waals surface area contributed by atoms with Gasteiger partial charge in [-0.25, -0.2) is 0 Å². The van der Waals surface area contributed by atoms with Crippen molar-refractivity contribution >= 4 is 11.6 Å². The molecule has 0 aliphatic carbocycles. The first-order valence-corrected chi connectivity index (χ1v) is 2.56. The zero-order valence-electron chi connectivity index (χ0n) is 5.20. The Morgan fingerprint density at radius 2 is 2.45 bits per heavy atom. The van der Waals surface area contributed by atoms with Gasteiger partial charge in [0.05, 0.1) is 4.92 Å². The van der Waals surface area contributed by atoms with Crippen molar-refractivity contribution in [3.05, 3.63) is 22.0 Å². The number of aromatic amines is 1. The maximum absolute atomic E-state index is 10.3. The molecule has 0 aliphatic rings. The van der Waals surface area contributed by atoms with Crippen LogP contribution in [0.2, 0.25) is 0 Å². The van der Waals surface area contributed by atoms with Gasteiger partial charge in [-0.3, -0.25) is 15.2 Å². The van der Waals surface area contributed by atoms with Crippen LogP contribution < -0.4 is 5.11 Å². The third kappa shape index (κ3) is 1.16. The van der Waals surface area contributed by atoms with E-state index in [2.05, 4.69) is 10.2 Å². The molecule has 0 amide bonds. The van der Waals surface area contributed by atoms with Gasteiger partial charge in [-0.1, -0.05) is 0 Å². The molecule has 2 N–H and O–H groups in total. The van der Waals surface area contributed by atoms with Crippen molar-refractivity contribution in [1.29, 1.82) is 5.41 Å². The van der Waals surface area contributed by atoms with Gasteiger partial charge in [0.1, 0.15) is 11.9 Å². The van der Waals surface area contributed by atoms with Crippen molar-refractivity contribution in [2.24, 2.45) is 0 Å². The number of nitrogens with zero attached hydrogens (tertiary/aromatic N) is 2. The van der Waals surface area contributed by atoms with Crippen molar-refractivity contribution in [3.63, 3.8) is 0 Å². The summed E-state index contributed by atoms with van der Waals surface area (Å²) in [4.78, 5) is 9.32. The number of aromatic nitrogens is 2. The monoisotopic (exact) mass is 155 g/mol. The van der Waals surface area contributed by atoms with Gasteiger partial charge in [0.2, 0.25) is 0 Å². The molecule has 0 radical (unpaired) electrons. The highest BCUT2D eigenvalue weighted by atomic mass is 16.6. The maximum atomic E-state index is 10.3. The largest absolute Gasteiger partial charge is 0.857 e. The Hall–Kier alpha value is -1.92. The molecule has 1 heterocycles. The molecule has 1 aromatic rings. The minimum Gasteiger partial charge on any atom is -0.857 e. The van der Waals surface area contributed by atoms with Crippen molar-refractivity contribution < 1.29 is 10.0 Å². The van der Waals surface area contributed by atoms with Crippen molar-refractivity contribution in [2.75, 3.05) is 0 Å². The van der Waals surface area contributed by atoms with Crippen LogP contribution in [0.4, 0.5) is 5.69 Å². The van der Waals surface area contributed by atoms with Gasteiger partial charge in [-0.15, -0.1) is 0 Å². The topological polar surface area (TPSA) is 119 Å². The molecule has 0 spiro atoms. The third-order valence-corrected chi connectivity index (χ3v) is 1.04. The highest BCUT2D eigenvalue weighted by molar-refractivity contribution is 5.90. The lowest BCUT2D eigenvalue weighted by atomic mass is 10.4. The lowest BCUT2D eigenvalue weighted by Crippen LogP contribution is -2.18. The standard InChI is InChI=1S/C4H4N4O3/c5-4(9)3-2(8(10)11)1-6-7-3/h1H,(H2,5,9)(H,6,7)/p-1. The Kier molecular flexibility index (Phi) is 1.55. The van der Waals surface area contributed by atoms with Crippen LogP contribution in [0.25, 0.3) is 0 Å². The van der Waals surface area contributed by atoms with E-state index in [1.165, 1.54) is 0 Å². The Morgan fingerprint density at radius 1 is 1.82 bits per heavy atom. The van der Waals surface area contributed by atoms with Gasteiger partial charge in [-0.2, -0.15) is 5.10 Å². The normalized spacial score (nSPS) is 9.45. The predicted molar refractivity (Wildman–Crippen MR) is 32.1 cm³/mol. The summed E-state index contributed by atoms with van der Waals surface area (Å²) >= 11 is 0. The minimum absolute atomic E-state index is 0.394. The molecule has 7 heteroatoms. The highest BCUT2D eigenvalue weighted by Gasteiger charge is 2.14. The van der Waals surface area contributed by atoms with Crippen LogP contribution in [0.5, 0.6) is 0 Å². The zero-order chi connectivity index (χ0) is 8.43. The summed E-state index contributed by atoms with van der Waals surface area (Å²) in [6, 6.07) is 0. The molecule has 0 saturated heterocycles. The van der Waals surface area contributed by atoms with E-state index in [1.54, 1.807) is 0 Å². The van der Waals surface area contributed by atoms with Crippen LogP contribution in [-0.2, 0) is 0 Å². The van der Waals surface area contributed by atoms with E-state index in [0.717, 1.165) is 6.20 Å². The second kappa shape index (κ2) is 2.37. The lowest BCUT2D eigenvalue weighted by Gasteiger charge is -2.00. The Labute approximate surface area is 60.3 Å². The summed E-state index contributed by atoms with van der Waals surface area (Å²) in [6.45, 7) is 0. The third-order valence-electron chi connectivity index (χ3n) is 1.04. The second-order valence-corrected chi connectivity index (χ2v) is 1.72. The summed E-state index contributed by atoms with van der Waals surface area (Å²) in [7, 11) is 0. The number of hydrogen-bond donors (Lipinski definition) is 2. The zero-order valence-corrected chi connectivity index (χ0v) is 5.20. The summed E-state index contributed by atoms with van der Waals surface area (Å²) in [5.74, 6) is -1.14. The first kappa shape index (κ1) is 7.19. The molecule has 1 rings (SSSR count). The molecular weight excluding hydrogens is 152 g/mol. The van der Waals surface area contributed by atoms with Gasteiger partial charge >= 0.3 is 5.69 Å². The molecule has 0 saturated carbocycles. The molecule has 0 unspecified atom stereocenters. The first-order chi connectivity index (χ1) is 5.13. The number of H-pyrrole nitrogens is 1. The fourth-order valence-electron chi connectivity index (χ4n) is 0.585. The van der Waals surface area contributed by atoms with Crippen LogP contribution >= 0.6 is 0 Å². The van der Waals surface area contributed by atoms with E-state index in [-0.39, 0.29) is 0 Å². The van der Waals surface area contributed by atoms with Gasteiger partial charge in [0.15, 0.2) is 0 Å². The highest BCUT2D eigenvalue weighted by Crippen LogP contribution is 2.12. The molecule has 0 bridgehead atoms. The van der Waals surface area contributed by atoms with Crippen LogP contribution in [0, 0.1) is 15.5 Å². The summed E-state index contributed by atoms with van der Waals surface area (Å²) in [5.41, 5.74) is -0.861. The molecule has 0 fully saturated rings. The minimum atomic E-state index is -1.14. The number of nitro groups is 1. The van der Waals surface area contributed by atoms with E-state index < -0.39 is 22.2 Å². The molecule has 58 valence electrons. The van der Waals surface area contributed by atoms with Crippen LogP contribution in [-0.4, -0.2) is 21.0 Å². The molecule has 0 aromatic carbocycles. The Balaban J connectivity index is 3.16. The fraction of sp³-hybridized carbons (Fsp3) is 0. The lowest BCUT2D eigenvalue weighted by molar-refractivity contribution is -0.385. The van der Waals surface area contributed by atoms with Crippen LogP contribution in [0.3, 0.4) is 0 Å². The quantitative estimate of drug-likeness (QED) is 0.246. The van der Waals surface area contributed by atoms with Crippen LogP contribution in [0.1, 0.15) is 5.69 Å². The van der Waals surface area contributed by atoms with E-state index >= 15 is 0 Å². The summed E-state index contributed by atoms with van der Waals surface area (Å²) < 4.78 is 0. The molecule has 11 heavy (non-hydrogen) atoms. The molecule has 7 nitrogen and oxygen atoms in total. The molecule has 1 aromatic heterocycles. The molecular formula is C4H3N4O3-. The predicted octanol–water partition coefficient (Wildman–Crippen LogP) is -0.996. The number of rotatable bonds is 2. The Morgan fingerprint density at radius 3 is 2.82 bits per heavy atom. The average Bonchev–Trinajstić information content (AvgIpc) is 2.32. The maximum Gasteiger partial charge on any atom is 0.314 e. The van der Waals surface area contributed by atoms with Crippen molar-refractivity contribution in [2.45, 2.75) is 0 Å². The van der Waals surface area contributed by atoms with Gasteiger partial charge in [0, 0.05) is 5.90 Å². The van der Waals surface area contributed by atoms with E-state index in [9.17, 15) is 15.2 Å². The van der Waals surface area contributed by atoms with Gasteiger partial charge in [-0.05, 0) is 0 Å². The van der Waals surface area contributed by atoms with E-state index in [0.29, 0.717) is 0 Å².